The summed E-state index contributed by atoms with van der Waals surface area (Å²) in [6.07, 6.45) is 5.24. The summed E-state index contributed by atoms with van der Waals surface area (Å²) in [4.78, 5) is 96.9. The van der Waals surface area contributed by atoms with Gasteiger partial charge in [-0.3, -0.25) is 48.2 Å². The lowest BCUT2D eigenvalue weighted by Crippen LogP contribution is -2.34. The molecule has 2 saturated heterocycles. The Bertz CT molecular complexity index is 1500. The Labute approximate surface area is 297 Å². The Morgan fingerprint density at radius 1 is 0.549 bits per heavy atom. The Kier molecular flexibility index (Phi) is 19.5. The van der Waals surface area contributed by atoms with Crippen molar-refractivity contribution in [3.63, 3.8) is 0 Å². The van der Waals surface area contributed by atoms with E-state index >= 15 is 0 Å². The number of para-hydroxylation sites is 1. The minimum absolute atomic E-state index is 0.0255. The van der Waals surface area contributed by atoms with E-state index in [4.69, 9.17) is 5.26 Å². The zero-order chi connectivity index (χ0) is 38.5. The molecule has 0 saturated carbocycles. The standard InChI is InChI=1S/C11H11NO4.C10H7NO2.C6H9NO2.C6H7NO2.2C2H6/c13-9-6-7-10(14)12(9)11(16-15)8-4-2-1-3-5-8;12-9-6-7-10(13)11(9)8-4-2-1-3-5-8;2*1-2-7-5(8)3-4-6(7)9;2*1-2/h1-5,11,15H,6-7H2;1-7H;2-4H2,1H3;3-4H,2H2,1H3;2*1-2H3. The molecule has 6 rings (SSSR count). The highest BCUT2D eigenvalue weighted by molar-refractivity contribution is 6.28. The third-order valence-corrected chi connectivity index (χ3v) is 7.02. The van der Waals surface area contributed by atoms with E-state index in [2.05, 4.69) is 4.89 Å². The monoisotopic (exact) mass is 706 g/mol. The van der Waals surface area contributed by atoms with Crippen LogP contribution in [0.25, 0.3) is 0 Å². The van der Waals surface area contributed by atoms with E-state index in [1.54, 1.807) is 68.4 Å². The second kappa shape index (κ2) is 22.9. The molecule has 8 amide bonds. The number of carbonyl (C=O) groups excluding carboxylic acids is 8. The first-order valence-corrected chi connectivity index (χ1v) is 16.7. The van der Waals surface area contributed by atoms with Crippen molar-refractivity contribution in [2.75, 3.05) is 18.0 Å². The van der Waals surface area contributed by atoms with Crippen molar-refractivity contribution in [1.29, 1.82) is 0 Å². The van der Waals surface area contributed by atoms with Gasteiger partial charge in [0, 0.05) is 68.6 Å². The van der Waals surface area contributed by atoms with Crippen molar-refractivity contribution in [2.45, 2.75) is 73.5 Å². The predicted octanol–water partition coefficient (Wildman–Crippen LogP) is 4.58. The van der Waals surface area contributed by atoms with Gasteiger partial charge in [0.15, 0.2) is 6.23 Å². The van der Waals surface area contributed by atoms with E-state index < -0.39 is 6.23 Å². The number of amides is 8. The van der Waals surface area contributed by atoms with Gasteiger partial charge in [0.1, 0.15) is 0 Å². The fourth-order valence-electron chi connectivity index (χ4n) is 4.68. The fraction of sp³-hybridized carbons (Fsp3) is 0.351. The van der Waals surface area contributed by atoms with E-state index in [1.807, 2.05) is 33.8 Å². The third kappa shape index (κ3) is 12.3. The highest BCUT2D eigenvalue weighted by atomic mass is 17.1. The van der Waals surface area contributed by atoms with Crippen LogP contribution in [0.1, 0.15) is 79.0 Å². The Balaban J connectivity index is 0.000000337. The number of benzene rings is 2. The summed E-state index contributed by atoms with van der Waals surface area (Å²) in [5, 5.41) is 8.83. The van der Waals surface area contributed by atoms with Gasteiger partial charge in [0.05, 0.1) is 5.69 Å². The average molecular weight is 707 g/mol. The van der Waals surface area contributed by atoms with E-state index in [-0.39, 0.29) is 60.1 Å². The molecule has 2 fully saturated rings. The van der Waals surface area contributed by atoms with Crippen molar-refractivity contribution in [2.24, 2.45) is 0 Å². The Morgan fingerprint density at radius 2 is 0.922 bits per heavy atom. The van der Waals surface area contributed by atoms with Crippen molar-refractivity contribution in [3.8, 4) is 0 Å². The van der Waals surface area contributed by atoms with Gasteiger partial charge >= 0.3 is 0 Å². The molecule has 2 aromatic carbocycles. The lowest BCUT2D eigenvalue weighted by molar-refractivity contribution is -0.308. The van der Waals surface area contributed by atoms with Gasteiger partial charge in [-0.1, -0.05) is 76.2 Å². The number of hydrogen-bond acceptors (Lipinski definition) is 10. The zero-order valence-electron chi connectivity index (χ0n) is 29.8. The number of carbonyl (C=O) groups is 8. The average Bonchev–Trinajstić information content (AvgIpc) is 3.89. The molecule has 51 heavy (non-hydrogen) atoms. The fourth-order valence-corrected chi connectivity index (χ4v) is 4.68. The zero-order valence-corrected chi connectivity index (χ0v) is 29.8. The molecule has 0 radical (unpaired) electrons. The number of hydrogen-bond donors (Lipinski definition) is 1. The van der Waals surface area contributed by atoms with Crippen LogP contribution in [-0.4, -0.2) is 80.3 Å². The lowest BCUT2D eigenvalue weighted by atomic mass is 10.2. The Hall–Kier alpha value is -5.60. The Morgan fingerprint density at radius 3 is 1.27 bits per heavy atom. The number of anilines is 1. The van der Waals surface area contributed by atoms with Gasteiger partial charge in [-0.15, -0.1) is 0 Å². The first kappa shape index (κ1) is 43.4. The summed E-state index contributed by atoms with van der Waals surface area (Å²) < 4.78 is 0. The van der Waals surface area contributed by atoms with Crippen LogP contribution < -0.4 is 4.90 Å². The first-order chi connectivity index (χ1) is 24.5. The minimum Gasteiger partial charge on any atom is -0.283 e. The second-order valence-corrected chi connectivity index (χ2v) is 9.99. The van der Waals surface area contributed by atoms with Gasteiger partial charge in [-0.2, -0.15) is 0 Å². The quantitative estimate of drug-likeness (QED) is 0.254. The van der Waals surface area contributed by atoms with Crippen LogP contribution in [-0.2, 0) is 43.2 Å². The largest absolute Gasteiger partial charge is 0.283 e. The molecule has 4 aliphatic rings. The number of rotatable bonds is 6. The van der Waals surface area contributed by atoms with Crippen LogP contribution in [0.5, 0.6) is 0 Å². The maximum atomic E-state index is 11.5. The molecular weight excluding hydrogens is 660 g/mol. The molecule has 2 aromatic rings. The van der Waals surface area contributed by atoms with Gasteiger partial charge in [-0.05, 0) is 26.0 Å². The van der Waals surface area contributed by atoms with Crippen LogP contribution in [0.15, 0.2) is 85.0 Å². The molecule has 1 N–H and O–H groups in total. The van der Waals surface area contributed by atoms with Gasteiger partial charge in [-0.25, -0.2) is 19.9 Å². The van der Waals surface area contributed by atoms with Gasteiger partial charge in [0.2, 0.25) is 23.6 Å². The van der Waals surface area contributed by atoms with Crippen molar-refractivity contribution in [3.05, 3.63) is 90.5 Å². The lowest BCUT2D eigenvalue weighted by Gasteiger charge is -2.23. The van der Waals surface area contributed by atoms with Crippen LogP contribution in [0.4, 0.5) is 5.69 Å². The number of nitrogens with zero attached hydrogens (tertiary/aromatic N) is 4. The molecule has 1 atom stereocenters. The minimum atomic E-state index is -1.04. The molecule has 0 spiro atoms. The van der Waals surface area contributed by atoms with Crippen LogP contribution in [0.3, 0.4) is 0 Å². The number of likely N-dealkylation sites (N-methyl/N-ethyl adjacent to an activating group) is 1. The summed E-state index contributed by atoms with van der Waals surface area (Å²) in [7, 11) is 0. The second-order valence-electron chi connectivity index (χ2n) is 9.99. The molecule has 0 bridgehead atoms. The topological polar surface area (TPSA) is 179 Å². The molecule has 0 aliphatic carbocycles. The van der Waals surface area contributed by atoms with Crippen molar-refractivity contribution < 1.29 is 48.5 Å². The highest BCUT2D eigenvalue weighted by Gasteiger charge is 2.36. The van der Waals surface area contributed by atoms with Crippen LogP contribution >= 0.6 is 0 Å². The summed E-state index contributed by atoms with van der Waals surface area (Å²) in [6, 6.07) is 17.5. The summed E-state index contributed by atoms with van der Waals surface area (Å²) >= 11 is 0. The predicted molar refractivity (Wildman–Crippen MR) is 188 cm³/mol. The van der Waals surface area contributed by atoms with Gasteiger partial charge in [0.25, 0.3) is 23.6 Å². The molecular formula is C37H46N4O10. The molecule has 274 valence electrons. The van der Waals surface area contributed by atoms with E-state index in [1.165, 1.54) is 34.1 Å². The number of imide groups is 4. The smallest absolute Gasteiger partial charge is 0.258 e. The number of likely N-dealkylation sites (tertiary alicyclic amines) is 2. The molecule has 4 aliphatic heterocycles. The molecule has 14 nitrogen and oxygen atoms in total. The van der Waals surface area contributed by atoms with Gasteiger partial charge < -0.3 is 0 Å². The molecule has 1 unspecified atom stereocenters. The first-order valence-electron chi connectivity index (χ1n) is 16.7. The van der Waals surface area contributed by atoms with E-state index in [9.17, 15) is 38.4 Å². The molecule has 0 aromatic heterocycles. The van der Waals surface area contributed by atoms with Crippen LogP contribution in [0, 0.1) is 0 Å². The SMILES string of the molecule is CC.CC.CCN1C(=O)C=CC1=O.CCN1C(=O)CCC1=O.O=C1C=CC(=O)N1c1ccccc1.O=C1CCC(=O)N1C(OO)c1ccccc1. The van der Waals surface area contributed by atoms with E-state index in [0.29, 0.717) is 37.2 Å². The van der Waals surface area contributed by atoms with Crippen molar-refractivity contribution in [1.82, 2.24) is 14.7 Å². The van der Waals surface area contributed by atoms with Crippen LogP contribution in [0.2, 0.25) is 0 Å². The van der Waals surface area contributed by atoms with E-state index in [0.717, 1.165) is 9.80 Å². The molecule has 4 heterocycles. The summed E-state index contributed by atoms with van der Waals surface area (Å²) in [5.74, 6) is -1.68. The normalized spacial score (nSPS) is 16.4. The summed E-state index contributed by atoms with van der Waals surface area (Å²) in [5.41, 5.74) is 1.18. The van der Waals surface area contributed by atoms with Crippen molar-refractivity contribution >= 4 is 52.9 Å². The third-order valence-electron chi connectivity index (χ3n) is 7.02. The molecule has 14 heteroatoms. The maximum Gasteiger partial charge on any atom is 0.258 e. The summed E-state index contributed by atoms with van der Waals surface area (Å²) in [6.45, 7) is 12.6. The highest BCUT2D eigenvalue weighted by Crippen LogP contribution is 2.27. The maximum absolute atomic E-state index is 11.5.